The molecule has 6 heteroatoms. The van der Waals surface area contributed by atoms with Gasteiger partial charge in [0, 0.05) is 69.5 Å². The number of fused-ring (bicyclic) bond motifs is 9. The Labute approximate surface area is 339 Å². The van der Waals surface area contributed by atoms with E-state index in [0.29, 0.717) is 54.8 Å². The highest BCUT2D eigenvalue weighted by atomic mass is 32.1. The van der Waals surface area contributed by atoms with Gasteiger partial charge in [0.05, 0.1) is 24.9 Å². The molecule has 0 saturated carbocycles. The molecule has 12 aromatic rings. The van der Waals surface area contributed by atoms with Crippen LogP contribution >= 0.6 is 11.3 Å². The summed E-state index contributed by atoms with van der Waals surface area (Å²) in [5.74, 6) is 1.26. The molecule has 0 spiro atoms. The van der Waals surface area contributed by atoms with Crippen molar-refractivity contribution in [3.8, 4) is 51.0 Å². The summed E-state index contributed by atoms with van der Waals surface area (Å²) in [6, 6.07) is 46.1. The van der Waals surface area contributed by atoms with Crippen LogP contribution in [-0.2, 0) is 0 Å². The van der Waals surface area contributed by atoms with E-state index in [1.165, 1.54) is 17.4 Å². The summed E-state index contributed by atoms with van der Waals surface area (Å²) in [5.41, 5.74) is 7.00. The Morgan fingerprint density at radius 1 is 0.456 bits per heavy atom. The fourth-order valence-electron chi connectivity index (χ4n) is 8.18. The second-order valence-electron chi connectivity index (χ2n) is 13.8. The molecule has 0 aliphatic rings. The van der Waals surface area contributed by atoms with Crippen molar-refractivity contribution in [1.29, 1.82) is 0 Å². The summed E-state index contributed by atoms with van der Waals surface area (Å²) in [6.45, 7) is 0. The number of thiophene rings is 1. The number of rotatable bonds is 5. The third-order valence-electron chi connectivity index (χ3n) is 10.6. The van der Waals surface area contributed by atoms with E-state index in [9.17, 15) is 4.11 Å². The second-order valence-corrected chi connectivity index (χ2v) is 14.9. The average molecular weight is 753 g/mol. The van der Waals surface area contributed by atoms with Gasteiger partial charge in [0.1, 0.15) is 11.2 Å². The molecular weight excluding hydrogens is 717 g/mol. The summed E-state index contributed by atoms with van der Waals surface area (Å²) in [6.07, 6.45) is 0. The third kappa shape index (κ3) is 4.91. The van der Waals surface area contributed by atoms with Gasteiger partial charge < -0.3 is 8.98 Å². The van der Waals surface area contributed by atoms with Gasteiger partial charge in [0.15, 0.2) is 17.5 Å². The summed E-state index contributed by atoms with van der Waals surface area (Å²) < 4.78 is 63.7. The Morgan fingerprint density at radius 2 is 1.09 bits per heavy atom. The Morgan fingerprint density at radius 3 is 1.91 bits per heavy atom. The number of aromatic nitrogens is 4. The van der Waals surface area contributed by atoms with Gasteiger partial charge in [-0.2, -0.15) is 0 Å². The molecule has 0 saturated heterocycles. The van der Waals surface area contributed by atoms with Gasteiger partial charge in [0.2, 0.25) is 0 Å². The van der Waals surface area contributed by atoms with Gasteiger partial charge in [0.25, 0.3) is 0 Å². The van der Waals surface area contributed by atoms with Crippen LogP contribution in [0, 0.1) is 0 Å². The van der Waals surface area contributed by atoms with Crippen molar-refractivity contribution in [3.63, 3.8) is 0 Å². The number of benzene rings is 8. The zero-order chi connectivity index (χ0) is 42.7. The van der Waals surface area contributed by atoms with Crippen LogP contribution in [0.1, 0.15) is 8.22 Å². The van der Waals surface area contributed by atoms with Gasteiger partial charge in [-0.3, -0.25) is 0 Å². The van der Waals surface area contributed by atoms with E-state index >= 15 is 0 Å². The van der Waals surface area contributed by atoms with Crippen LogP contribution in [-0.4, -0.2) is 19.5 Å². The molecule has 0 aliphatic carbocycles. The molecule has 266 valence electrons. The summed E-state index contributed by atoms with van der Waals surface area (Å²) in [4.78, 5) is 15.7. The molecule has 0 amide bonds. The molecule has 0 bridgehead atoms. The number of para-hydroxylation sites is 4. The van der Waals surface area contributed by atoms with E-state index in [-0.39, 0.29) is 47.0 Å². The molecule has 0 fully saturated rings. The minimum atomic E-state index is -0.314. The minimum absolute atomic E-state index is 0.0542. The normalized spacial score (nSPS) is 13.3. The van der Waals surface area contributed by atoms with E-state index in [1.807, 2.05) is 115 Å². The Kier molecular flexibility index (Phi) is 5.82. The average Bonchev–Trinajstić information content (AvgIpc) is 4.01. The van der Waals surface area contributed by atoms with Crippen LogP contribution < -0.4 is 0 Å². The van der Waals surface area contributed by atoms with Crippen molar-refractivity contribution in [2.75, 3.05) is 0 Å². The Bertz CT molecular complexity index is 3840. The molecule has 12 rings (SSSR count). The maximum atomic E-state index is 9.63. The predicted octanol–water partition coefficient (Wildman–Crippen LogP) is 13.9. The van der Waals surface area contributed by atoms with Crippen molar-refractivity contribution in [2.24, 2.45) is 0 Å². The third-order valence-corrected chi connectivity index (χ3v) is 11.8. The van der Waals surface area contributed by atoms with Crippen molar-refractivity contribution >= 4 is 75.3 Å². The van der Waals surface area contributed by atoms with E-state index in [1.54, 1.807) is 0 Å². The highest BCUT2D eigenvalue weighted by Gasteiger charge is 2.24. The zero-order valence-electron chi connectivity index (χ0n) is 36.0. The van der Waals surface area contributed by atoms with Gasteiger partial charge in [-0.25, -0.2) is 15.0 Å². The maximum absolute atomic E-state index is 9.63. The summed E-state index contributed by atoms with van der Waals surface area (Å²) in [5, 5.41) is 4.39. The van der Waals surface area contributed by atoms with Gasteiger partial charge >= 0.3 is 0 Å². The number of furan rings is 1. The molecule has 0 unspecified atom stereocenters. The van der Waals surface area contributed by atoms with Gasteiger partial charge in [-0.05, 0) is 36.4 Å². The van der Waals surface area contributed by atoms with Gasteiger partial charge in [-0.15, -0.1) is 11.3 Å². The molecule has 0 atom stereocenters. The zero-order valence-corrected chi connectivity index (χ0v) is 30.8. The molecule has 4 aromatic heterocycles. The number of nitrogens with zero attached hydrogens (tertiary/aromatic N) is 4. The maximum Gasteiger partial charge on any atom is 0.166 e. The van der Waals surface area contributed by atoms with Crippen molar-refractivity contribution < 1.29 is 12.6 Å². The lowest BCUT2D eigenvalue weighted by Gasteiger charge is -2.19. The molecule has 0 N–H and O–H groups in total. The fourth-order valence-corrected chi connectivity index (χ4v) is 9.28. The molecule has 57 heavy (non-hydrogen) atoms. The SMILES string of the molecule is [2H]c1cc([2H])c2sc3c(-c4cccc(-c5nc(-c6ccccc6)nc(-c6cccc7oc8ccccc8c67)n5)c4-n4c5ccccc5c5ccccc54)c([2H])c([2H])c([2H])c3c2c1[2H]. The number of hydrogen-bond donors (Lipinski definition) is 0. The predicted molar refractivity (Wildman–Crippen MR) is 236 cm³/mol. The van der Waals surface area contributed by atoms with Crippen molar-refractivity contribution in [1.82, 2.24) is 19.5 Å². The monoisotopic (exact) mass is 752 g/mol. The smallest absolute Gasteiger partial charge is 0.166 e. The summed E-state index contributed by atoms with van der Waals surface area (Å²) in [7, 11) is 0. The van der Waals surface area contributed by atoms with Gasteiger partial charge in [-0.1, -0.05) is 145 Å². The lowest BCUT2D eigenvalue weighted by Crippen LogP contribution is -2.05. The molecule has 4 heterocycles. The molecular formula is C51H30N4OS. The van der Waals surface area contributed by atoms with Crippen LogP contribution in [0.3, 0.4) is 0 Å². The molecule has 5 nitrogen and oxygen atoms in total. The van der Waals surface area contributed by atoms with E-state index < -0.39 is 0 Å². The van der Waals surface area contributed by atoms with Crippen LogP contribution in [0.15, 0.2) is 186 Å². The first-order chi connectivity index (χ1) is 30.8. The first-order valence-corrected chi connectivity index (χ1v) is 19.4. The van der Waals surface area contributed by atoms with Crippen molar-refractivity contribution in [3.05, 3.63) is 182 Å². The fraction of sp³-hybridized carbons (Fsp3) is 0. The first-order valence-electron chi connectivity index (χ1n) is 21.5. The number of hydrogen-bond acceptors (Lipinski definition) is 5. The molecule has 0 radical (unpaired) electrons. The van der Waals surface area contributed by atoms with E-state index in [4.69, 9.17) is 23.5 Å². The van der Waals surface area contributed by atoms with Crippen LogP contribution in [0.25, 0.3) is 115 Å². The first kappa shape index (κ1) is 26.4. The van der Waals surface area contributed by atoms with Crippen molar-refractivity contribution in [2.45, 2.75) is 0 Å². The minimum Gasteiger partial charge on any atom is -0.456 e. The second kappa shape index (κ2) is 12.6. The highest BCUT2D eigenvalue weighted by Crippen LogP contribution is 2.46. The highest BCUT2D eigenvalue weighted by molar-refractivity contribution is 7.26. The van der Waals surface area contributed by atoms with Crippen LogP contribution in [0.5, 0.6) is 0 Å². The van der Waals surface area contributed by atoms with Crippen LogP contribution in [0.2, 0.25) is 0 Å². The van der Waals surface area contributed by atoms with E-state index in [0.717, 1.165) is 49.3 Å². The Balaban J connectivity index is 1.25. The largest absolute Gasteiger partial charge is 0.456 e. The standard InChI is InChI=1S/C51H30N4OS/c1-2-15-31(16-3-1)49-52-50(39-24-14-29-44-46(39)38-20-6-10-28-43(38)56-44)54-51(53-49)40-25-12-21-35(37-23-13-22-36-34-19-7-11-30-45(34)57-48(36)37)47(40)55-41-26-8-4-17-32(41)33-18-5-9-27-42(33)55/h1-30H/i7D,13D,19D,22D,23D,30D. The topological polar surface area (TPSA) is 56.7 Å². The van der Waals surface area contributed by atoms with E-state index in [2.05, 4.69) is 28.8 Å². The molecule has 8 aromatic carbocycles. The molecule has 0 aliphatic heterocycles. The lowest BCUT2D eigenvalue weighted by molar-refractivity contribution is 0.669. The quantitative estimate of drug-likeness (QED) is 0.176. The summed E-state index contributed by atoms with van der Waals surface area (Å²) >= 11 is 1.21. The Hall–Kier alpha value is -7.41. The lowest BCUT2D eigenvalue weighted by atomic mass is 9.97. The van der Waals surface area contributed by atoms with Crippen LogP contribution in [0.4, 0.5) is 0 Å².